The Hall–Kier alpha value is -3.74. The summed E-state index contributed by atoms with van der Waals surface area (Å²) in [5, 5.41) is 2.42. The van der Waals surface area contributed by atoms with Gasteiger partial charge in [-0.05, 0) is 17.0 Å². The van der Waals surface area contributed by atoms with E-state index in [1.165, 1.54) is 0 Å². The Balaban J connectivity index is 0.00000405. The Labute approximate surface area is 260 Å². The topological polar surface area (TPSA) is 166 Å². The summed E-state index contributed by atoms with van der Waals surface area (Å²) in [5.74, 6) is -0.487. The van der Waals surface area contributed by atoms with Gasteiger partial charge in [-0.25, -0.2) is 15.0 Å². The lowest BCUT2D eigenvalue weighted by atomic mass is 9.82. The summed E-state index contributed by atoms with van der Waals surface area (Å²) in [5.41, 5.74) is 19.5. The van der Waals surface area contributed by atoms with Crippen LogP contribution in [0, 0.1) is 5.92 Å². The van der Waals surface area contributed by atoms with Gasteiger partial charge in [-0.2, -0.15) is 0 Å². The number of nitrogen functional groups attached to an aromatic ring is 2. The van der Waals surface area contributed by atoms with Crippen LogP contribution in [0.1, 0.15) is 34.5 Å². The van der Waals surface area contributed by atoms with Crippen LogP contribution in [0.3, 0.4) is 0 Å². The fraction of sp³-hybridized carbons (Fsp3) is 0.345. The van der Waals surface area contributed by atoms with Crippen LogP contribution in [0.2, 0.25) is 5.15 Å². The predicted octanol–water partition coefficient (Wildman–Crippen LogP) is -0.819. The number of fused-ring (bicyclic) bond motifs is 3. The molecule has 222 valence electrons. The zero-order valence-corrected chi connectivity index (χ0v) is 25.5. The lowest BCUT2D eigenvalue weighted by Crippen LogP contribution is -3.00. The molecule has 2 bridgehead atoms. The first-order chi connectivity index (χ1) is 19.7. The number of aliphatic imine (C=N–C) groups is 1. The lowest BCUT2D eigenvalue weighted by Gasteiger charge is -2.51. The van der Waals surface area contributed by atoms with Crippen molar-refractivity contribution in [2.45, 2.75) is 32.0 Å². The molecule has 2 amide bonds. The lowest BCUT2D eigenvalue weighted by molar-refractivity contribution is -0.936. The summed E-state index contributed by atoms with van der Waals surface area (Å²) in [6.07, 6.45) is 1.87. The van der Waals surface area contributed by atoms with Gasteiger partial charge in [0.15, 0.2) is 35.0 Å². The highest BCUT2D eigenvalue weighted by molar-refractivity contribution is 6.31. The van der Waals surface area contributed by atoms with Crippen molar-refractivity contribution in [2.24, 2.45) is 16.6 Å². The first kappa shape index (κ1) is 31.2. The number of carbonyl (C=O) groups is 2. The summed E-state index contributed by atoms with van der Waals surface area (Å²) in [6, 6.07) is 20.0. The summed E-state index contributed by atoms with van der Waals surface area (Å²) >= 11 is 5.91. The molecule has 7 N–H and O–H groups in total. The number of guanidine groups is 1. The number of anilines is 2. The van der Waals surface area contributed by atoms with Gasteiger partial charge in [-0.3, -0.25) is 14.9 Å². The minimum atomic E-state index is -0.670. The molecule has 4 heterocycles. The van der Waals surface area contributed by atoms with E-state index in [0.29, 0.717) is 36.6 Å². The summed E-state index contributed by atoms with van der Waals surface area (Å²) in [6.45, 7) is 3.97. The molecule has 3 fully saturated rings. The number of rotatable bonds is 8. The van der Waals surface area contributed by atoms with Crippen molar-refractivity contribution < 1.29 is 31.1 Å². The third kappa shape index (κ3) is 7.36. The Kier molecular flexibility index (Phi) is 10.0. The molecular weight excluding hydrogens is 622 g/mol. The van der Waals surface area contributed by atoms with Gasteiger partial charge in [0.05, 0.1) is 13.1 Å². The van der Waals surface area contributed by atoms with Crippen LogP contribution in [0.25, 0.3) is 0 Å². The highest BCUT2D eigenvalue weighted by Gasteiger charge is 2.47. The zero-order valence-electron chi connectivity index (χ0n) is 23.1. The van der Waals surface area contributed by atoms with Crippen LogP contribution in [0.15, 0.2) is 65.7 Å². The molecular formula is C29H35BrClN9O2. The maximum atomic E-state index is 13.9. The van der Waals surface area contributed by atoms with E-state index < -0.39 is 5.91 Å². The number of nitrogens with two attached hydrogens (primary N) is 3. The van der Waals surface area contributed by atoms with Gasteiger partial charge in [-0.1, -0.05) is 72.3 Å². The molecule has 3 aliphatic rings. The fourth-order valence-electron chi connectivity index (χ4n) is 5.84. The summed E-state index contributed by atoms with van der Waals surface area (Å²) in [7, 11) is 0. The predicted molar refractivity (Wildman–Crippen MR) is 158 cm³/mol. The van der Waals surface area contributed by atoms with Crippen molar-refractivity contribution in [1.82, 2.24) is 20.2 Å². The monoisotopic (exact) mass is 655 g/mol. The van der Waals surface area contributed by atoms with E-state index >= 15 is 0 Å². The summed E-state index contributed by atoms with van der Waals surface area (Å²) in [4.78, 5) is 40.9. The molecule has 11 nitrogen and oxygen atoms in total. The standard InChI is InChI=1S/C29H34ClN9O2.BrH/c30-25-27(32)36-26(31)24(35-25)28(41)37-29(33)34-22-17-39(13-11-21(22)12-14-39)18-23(40)38(15-19-7-3-1-4-8-19)16-20-9-5-2-6-10-20;/h1-10,21-22H,11-18H2,(H6-,31,32,33,34,36,37,41);1H/t21?,22-,39?;/m1./s1. The molecule has 0 unspecified atom stereocenters. The van der Waals surface area contributed by atoms with Crippen molar-refractivity contribution >= 4 is 41.0 Å². The second kappa shape index (κ2) is 13.5. The van der Waals surface area contributed by atoms with Crippen LogP contribution >= 0.6 is 11.6 Å². The molecule has 0 saturated carbocycles. The second-order valence-corrected chi connectivity index (χ2v) is 11.2. The number of quaternary nitrogens is 1. The van der Waals surface area contributed by atoms with E-state index in [2.05, 4.69) is 20.3 Å². The highest BCUT2D eigenvalue weighted by Crippen LogP contribution is 2.35. The van der Waals surface area contributed by atoms with E-state index in [1.54, 1.807) is 0 Å². The molecule has 0 aliphatic carbocycles. The van der Waals surface area contributed by atoms with E-state index in [4.69, 9.17) is 28.8 Å². The van der Waals surface area contributed by atoms with Crippen LogP contribution in [0.5, 0.6) is 0 Å². The average molecular weight is 657 g/mol. The van der Waals surface area contributed by atoms with Gasteiger partial charge in [0.2, 0.25) is 0 Å². The first-order valence-electron chi connectivity index (χ1n) is 13.7. The quantitative estimate of drug-likeness (QED) is 0.140. The molecule has 0 radical (unpaired) electrons. The van der Waals surface area contributed by atoms with Crippen molar-refractivity contribution in [3.63, 3.8) is 0 Å². The van der Waals surface area contributed by atoms with Crippen molar-refractivity contribution in [1.29, 1.82) is 0 Å². The smallest absolute Gasteiger partial charge is 0.280 e. The number of nitrogens with one attached hydrogen (secondary N) is 1. The Morgan fingerprint density at radius 3 is 2.10 bits per heavy atom. The number of hydrogen-bond acceptors (Lipinski definition) is 7. The number of piperidine rings is 3. The molecule has 1 atom stereocenters. The SMILES string of the molecule is NC(=N[C@@H]1C[N+]2(CC(=O)N(Cc3ccccc3)Cc3ccccc3)CCC1CC2)NC(=O)c1nc(Cl)c(N)nc1N.[Br-]. The van der Waals surface area contributed by atoms with Gasteiger partial charge in [0, 0.05) is 25.9 Å². The normalized spacial score (nSPS) is 21.3. The zero-order chi connectivity index (χ0) is 29.0. The molecule has 1 aromatic heterocycles. The van der Waals surface area contributed by atoms with Crippen molar-refractivity contribution in [2.75, 3.05) is 37.6 Å². The number of carbonyl (C=O) groups excluding carboxylic acids is 2. The number of nitrogens with zero attached hydrogens (tertiary/aromatic N) is 5. The average Bonchev–Trinajstić information content (AvgIpc) is 2.96. The number of hydrogen-bond donors (Lipinski definition) is 4. The number of amides is 2. The highest BCUT2D eigenvalue weighted by atomic mass is 79.9. The van der Waals surface area contributed by atoms with Crippen LogP contribution < -0.4 is 39.5 Å². The third-order valence-corrected chi connectivity index (χ3v) is 8.27. The minimum absolute atomic E-state index is 0. The largest absolute Gasteiger partial charge is 1.00 e. The fourth-order valence-corrected chi connectivity index (χ4v) is 5.97. The van der Waals surface area contributed by atoms with E-state index in [1.807, 2.05) is 65.6 Å². The molecule has 42 heavy (non-hydrogen) atoms. The maximum Gasteiger partial charge on any atom is 0.280 e. The minimum Gasteiger partial charge on any atom is -1.00 e. The van der Waals surface area contributed by atoms with Crippen molar-refractivity contribution in [3.8, 4) is 0 Å². The van der Waals surface area contributed by atoms with E-state index in [0.717, 1.165) is 37.1 Å². The van der Waals surface area contributed by atoms with Crippen LogP contribution in [-0.4, -0.2) is 69.3 Å². The molecule has 13 heteroatoms. The third-order valence-electron chi connectivity index (χ3n) is 7.99. The van der Waals surface area contributed by atoms with E-state index in [9.17, 15) is 9.59 Å². The second-order valence-electron chi connectivity index (χ2n) is 10.9. The molecule has 6 rings (SSSR count). The first-order valence-corrected chi connectivity index (χ1v) is 14.0. The Morgan fingerprint density at radius 1 is 0.952 bits per heavy atom. The van der Waals surface area contributed by atoms with Gasteiger partial charge in [0.25, 0.3) is 11.8 Å². The summed E-state index contributed by atoms with van der Waals surface area (Å²) < 4.78 is 0.650. The maximum absolute atomic E-state index is 13.9. The van der Waals surface area contributed by atoms with Crippen LogP contribution in [0.4, 0.5) is 11.6 Å². The van der Waals surface area contributed by atoms with Gasteiger partial charge < -0.3 is 43.6 Å². The van der Waals surface area contributed by atoms with Gasteiger partial charge in [0.1, 0.15) is 12.6 Å². The van der Waals surface area contributed by atoms with Crippen LogP contribution in [-0.2, 0) is 17.9 Å². The molecule has 0 spiro atoms. The number of aromatic nitrogens is 2. The Bertz CT molecular complexity index is 1390. The molecule has 3 aromatic rings. The van der Waals surface area contributed by atoms with Crippen molar-refractivity contribution in [3.05, 3.63) is 82.6 Å². The number of benzene rings is 2. The van der Waals surface area contributed by atoms with Gasteiger partial charge in [-0.15, -0.1) is 0 Å². The molecule has 3 aliphatic heterocycles. The number of halogens is 2. The molecule has 2 aromatic carbocycles. The van der Waals surface area contributed by atoms with E-state index in [-0.39, 0.29) is 57.4 Å². The molecule has 3 saturated heterocycles. The van der Waals surface area contributed by atoms with Gasteiger partial charge >= 0.3 is 0 Å². The Morgan fingerprint density at radius 2 is 1.52 bits per heavy atom.